The zero-order chi connectivity index (χ0) is 22.1. The molecule has 0 aliphatic heterocycles. The quantitative estimate of drug-likeness (QED) is 0.338. The van der Waals surface area contributed by atoms with Crippen molar-refractivity contribution < 1.29 is 16.8 Å². The minimum absolute atomic E-state index is 0.113. The molecule has 3 aromatic rings. The summed E-state index contributed by atoms with van der Waals surface area (Å²) in [5.41, 5.74) is 2.83. The molecular formula is C20H16Cl2O4S4. The van der Waals surface area contributed by atoms with Gasteiger partial charge in [0.2, 0.25) is 17.7 Å². The Balaban J connectivity index is 1.88. The Morgan fingerprint density at radius 2 is 0.933 bits per heavy atom. The van der Waals surface area contributed by atoms with Crippen LogP contribution >= 0.6 is 46.5 Å². The molecule has 0 N–H and O–H groups in total. The lowest BCUT2D eigenvalue weighted by Crippen LogP contribution is -2.01. The van der Waals surface area contributed by atoms with Gasteiger partial charge in [0.15, 0.2) is 0 Å². The van der Waals surface area contributed by atoms with Gasteiger partial charge in [-0.2, -0.15) is 0 Å². The highest BCUT2D eigenvalue weighted by atomic mass is 35.5. The van der Waals surface area contributed by atoms with E-state index >= 15 is 0 Å². The minimum Gasteiger partial charge on any atom is -0.212 e. The average molecular weight is 520 g/mol. The maximum atomic E-state index is 11.9. The highest BCUT2D eigenvalue weighted by Gasteiger charge is 2.16. The van der Waals surface area contributed by atoms with Crippen molar-refractivity contribution in [2.75, 3.05) is 0 Å². The van der Waals surface area contributed by atoms with Crippen LogP contribution in [0.3, 0.4) is 0 Å². The summed E-state index contributed by atoms with van der Waals surface area (Å²) >= 11 is 19.4. The van der Waals surface area contributed by atoms with Gasteiger partial charge in [0.05, 0.1) is 9.79 Å². The molecule has 0 heterocycles. The monoisotopic (exact) mass is 518 g/mol. The Hall–Kier alpha value is -1.16. The van der Waals surface area contributed by atoms with Gasteiger partial charge in [-0.3, -0.25) is 0 Å². The van der Waals surface area contributed by atoms with Gasteiger partial charge >= 0.3 is 0 Å². The second-order valence-electron chi connectivity index (χ2n) is 6.62. The normalized spacial score (nSPS) is 12.1. The lowest BCUT2D eigenvalue weighted by atomic mass is 10.0. The summed E-state index contributed by atoms with van der Waals surface area (Å²) in [7, 11) is -7.37. The van der Waals surface area contributed by atoms with E-state index in [-0.39, 0.29) is 9.79 Å². The molecule has 0 atom stereocenters. The molecule has 0 spiro atoms. The van der Waals surface area contributed by atoms with Crippen molar-refractivity contribution in [2.24, 2.45) is 0 Å². The molecular weight excluding hydrogens is 503 g/mol. The van der Waals surface area contributed by atoms with Crippen LogP contribution in [-0.4, -0.2) is 16.8 Å². The third kappa shape index (κ3) is 5.96. The largest absolute Gasteiger partial charge is 0.227 e. The van der Waals surface area contributed by atoms with Gasteiger partial charge in [0.25, 0.3) is 0 Å². The van der Waals surface area contributed by atoms with Crippen LogP contribution in [0.15, 0.2) is 70.5 Å². The van der Waals surface area contributed by atoms with Gasteiger partial charge in [-0.25, -0.2) is 16.8 Å². The molecule has 0 saturated heterocycles. The Bertz CT molecular complexity index is 1200. The van der Waals surface area contributed by atoms with Crippen LogP contribution in [-0.2, 0) is 30.6 Å². The second-order valence-corrected chi connectivity index (χ2v) is 13.2. The molecule has 0 fully saturated rings. The molecule has 158 valence electrons. The summed E-state index contributed by atoms with van der Waals surface area (Å²) in [6, 6.07) is 16.5. The SMILES string of the molecule is O=S(=O)(S)c1ccc(Cl)cc1Cc1ccc(Cc2cc(Cl)ccc2S(=O)(=O)S)cc1. The molecule has 0 amide bonds. The molecule has 4 nitrogen and oxygen atoms in total. The van der Waals surface area contributed by atoms with Crippen molar-refractivity contribution in [1.82, 2.24) is 0 Å². The number of hydrogen-bond donors (Lipinski definition) is 2. The van der Waals surface area contributed by atoms with Crippen LogP contribution < -0.4 is 0 Å². The van der Waals surface area contributed by atoms with E-state index in [2.05, 4.69) is 23.3 Å². The van der Waals surface area contributed by atoms with Crippen LogP contribution in [0.2, 0.25) is 10.0 Å². The van der Waals surface area contributed by atoms with Crippen LogP contribution in [0.1, 0.15) is 22.3 Å². The minimum atomic E-state index is -3.68. The second kappa shape index (κ2) is 9.14. The highest BCUT2D eigenvalue weighted by molar-refractivity contribution is 8.63. The first-order chi connectivity index (χ1) is 13.9. The Morgan fingerprint density at radius 1 is 0.600 bits per heavy atom. The van der Waals surface area contributed by atoms with Gasteiger partial charge < -0.3 is 0 Å². The molecule has 3 rings (SSSR count). The summed E-state index contributed by atoms with van der Waals surface area (Å²) in [6.07, 6.45) is 0.701. The molecule has 0 aromatic heterocycles. The molecule has 30 heavy (non-hydrogen) atoms. The van der Waals surface area contributed by atoms with E-state index in [1.807, 2.05) is 24.3 Å². The van der Waals surface area contributed by atoms with E-state index in [1.54, 1.807) is 12.1 Å². The van der Waals surface area contributed by atoms with Gasteiger partial charge in [0.1, 0.15) is 0 Å². The van der Waals surface area contributed by atoms with Crippen molar-refractivity contribution in [3.63, 3.8) is 0 Å². The van der Waals surface area contributed by atoms with Crippen LogP contribution in [0.25, 0.3) is 0 Å². The van der Waals surface area contributed by atoms with E-state index in [1.165, 1.54) is 24.3 Å². The van der Waals surface area contributed by atoms with Gasteiger partial charge in [0, 0.05) is 10.0 Å². The smallest absolute Gasteiger partial charge is 0.212 e. The van der Waals surface area contributed by atoms with Gasteiger partial charge in [-0.15, -0.1) is 0 Å². The van der Waals surface area contributed by atoms with Crippen molar-refractivity contribution in [3.05, 3.63) is 93.0 Å². The van der Waals surface area contributed by atoms with Crippen LogP contribution in [0.5, 0.6) is 0 Å². The maximum absolute atomic E-state index is 11.9. The third-order valence-electron chi connectivity index (χ3n) is 4.41. The van der Waals surface area contributed by atoms with Crippen molar-refractivity contribution >= 4 is 64.3 Å². The number of hydrogen-bond acceptors (Lipinski definition) is 4. The van der Waals surface area contributed by atoms with E-state index in [4.69, 9.17) is 23.2 Å². The fourth-order valence-corrected chi connectivity index (χ4v) is 5.95. The summed E-state index contributed by atoms with van der Waals surface area (Å²) in [5, 5.41) is 0.868. The molecule has 0 unspecified atom stereocenters. The molecule has 3 aromatic carbocycles. The number of benzene rings is 3. The summed E-state index contributed by atoms with van der Waals surface area (Å²) in [6.45, 7) is 0. The molecule has 10 heteroatoms. The zero-order valence-corrected chi connectivity index (χ0v) is 20.2. The van der Waals surface area contributed by atoms with E-state index in [0.29, 0.717) is 34.0 Å². The summed E-state index contributed by atoms with van der Waals surface area (Å²) in [5.74, 6) is 0. The average Bonchev–Trinajstić information content (AvgIpc) is 2.61. The summed E-state index contributed by atoms with van der Waals surface area (Å²) < 4.78 is 47.6. The first-order valence-electron chi connectivity index (χ1n) is 8.53. The summed E-state index contributed by atoms with van der Waals surface area (Å²) in [4.78, 5) is 0.226. The van der Waals surface area contributed by atoms with E-state index in [0.717, 1.165) is 11.1 Å². The maximum Gasteiger partial charge on any atom is 0.227 e. The molecule has 0 saturated carbocycles. The lowest BCUT2D eigenvalue weighted by Gasteiger charge is -2.11. The highest BCUT2D eigenvalue weighted by Crippen LogP contribution is 2.28. The molecule has 0 bridgehead atoms. The van der Waals surface area contributed by atoms with E-state index < -0.39 is 17.7 Å². The number of rotatable bonds is 6. The topological polar surface area (TPSA) is 68.3 Å². The van der Waals surface area contributed by atoms with Crippen LogP contribution in [0.4, 0.5) is 0 Å². The Labute approximate surface area is 195 Å². The van der Waals surface area contributed by atoms with Gasteiger partial charge in [-0.1, -0.05) is 47.5 Å². The molecule has 0 radical (unpaired) electrons. The standard InChI is InChI=1S/C20H16Cl2O4S4/c21-17-5-7-19(29(23,24)27)15(11-17)9-13-1-2-14(4-3-13)10-16-12-18(22)6-8-20(16)30(25,26)28/h1-8,11-12H,9-10H2,(H,23,24,27)(H,25,26,28). The first-order valence-corrected chi connectivity index (χ1v) is 14.4. The Kier molecular flexibility index (Phi) is 7.16. The zero-order valence-electron chi connectivity index (χ0n) is 15.3. The molecule has 0 aliphatic rings. The van der Waals surface area contributed by atoms with Crippen molar-refractivity contribution in [1.29, 1.82) is 0 Å². The molecule has 0 aliphatic carbocycles. The van der Waals surface area contributed by atoms with Crippen molar-refractivity contribution in [2.45, 2.75) is 22.6 Å². The fourth-order valence-electron chi connectivity index (χ4n) is 3.09. The van der Waals surface area contributed by atoms with Gasteiger partial charge in [-0.05, 0) is 94.8 Å². The number of thiol groups is 2. The van der Waals surface area contributed by atoms with Crippen molar-refractivity contribution in [3.8, 4) is 0 Å². The number of halogens is 2. The predicted octanol–water partition coefficient (Wildman–Crippen LogP) is 5.41. The third-order valence-corrected chi connectivity index (χ3v) is 7.97. The van der Waals surface area contributed by atoms with E-state index in [9.17, 15) is 16.8 Å². The fraction of sp³-hybridized carbons (Fsp3) is 0.100. The first kappa shape index (κ1) is 23.5. The predicted molar refractivity (Wildman–Crippen MR) is 127 cm³/mol. The van der Waals surface area contributed by atoms with Crippen LogP contribution in [0, 0.1) is 0 Å². The Morgan fingerprint density at radius 3 is 1.23 bits per heavy atom. The lowest BCUT2D eigenvalue weighted by molar-refractivity contribution is 0.608.